The highest BCUT2D eigenvalue weighted by molar-refractivity contribution is 7.80. The number of nitriles is 1. The van der Waals surface area contributed by atoms with Gasteiger partial charge >= 0.3 is 0 Å². The number of hydrogen-bond acceptors (Lipinski definition) is 5. The molecule has 1 amide bonds. The molecule has 27 heavy (non-hydrogen) atoms. The maximum absolute atomic E-state index is 11.0. The third kappa shape index (κ3) is 6.02. The average Bonchev–Trinajstić information content (AvgIpc) is 2.62. The van der Waals surface area contributed by atoms with Crippen LogP contribution in [0.25, 0.3) is 0 Å². The summed E-state index contributed by atoms with van der Waals surface area (Å²) in [4.78, 5) is 11.0. The van der Waals surface area contributed by atoms with Crippen molar-refractivity contribution in [3.63, 3.8) is 0 Å². The Morgan fingerprint density at radius 1 is 1.15 bits per heavy atom. The smallest absolute Gasteiger partial charge is 0.221 e. The number of halogens is 1. The number of carbonyl (C=O) groups is 1. The second-order valence-corrected chi connectivity index (χ2v) is 6.08. The molecule has 3 N–H and O–H groups in total. The van der Waals surface area contributed by atoms with Crippen molar-refractivity contribution in [3.05, 3.63) is 41.4 Å². The van der Waals surface area contributed by atoms with E-state index in [1.54, 1.807) is 36.4 Å². The summed E-state index contributed by atoms with van der Waals surface area (Å²) in [6.07, 6.45) is 0. The van der Waals surface area contributed by atoms with Crippen LogP contribution in [0.4, 0.5) is 17.1 Å². The maximum Gasteiger partial charge on any atom is 0.221 e. The molecule has 0 atom stereocenters. The molecule has 0 fully saturated rings. The van der Waals surface area contributed by atoms with Crippen molar-refractivity contribution >= 4 is 51.9 Å². The van der Waals surface area contributed by atoms with Crippen molar-refractivity contribution in [2.24, 2.45) is 0 Å². The summed E-state index contributed by atoms with van der Waals surface area (Å²) < 4.78 is 10.6. The van der Waals surface area contributed by atoms with Crippen LogP contribution in [0.3, 0.4) is 0 Å². The first-order chi connectivity index (χ1) is 12.9. The Bertz CT molecular complexity index is 881. The van der Waals surface area contributed by atoms with Gasteiger partial charge in [-0.05, 0) is 42.5 Å². The number of carbonyl (C=O) groups excluding carboxylic acids is 1. The fraction of sp³-hybridized carbons (Fsp3) is 0.167. The summed E-state index contributed by atoms with van der Waals surface area (Å²) in [6.45, 7) is 1.32. The minimum absolute atomic E-state index is 0.121. The summed E-state index contributed by atoms with van der Waals surface area (Å²) in [5, 5.41) is 18.0. The van der Waals surface area contributed by atoms with Gasteiger partial charge in [-0.3, -0.25) is 4.79 Å². The molecule has 7 nitrogen and oxygen atoms in total. The lowest BCUT2D eigenvalue weighted by atomic mass is 10.2. The van der Waals surface area contributed by atoms with E-state index in [9.17, 15) is 4.79 Å². The van der Waals surface area contributed by atoms with Crippen molar-refractivity contribution in [2.75, 3.05) is 29.7 Å². The first kappa shape index (κ1) is 20.3. The van der Waals surface area contributed by atoms with Gasteiger partial charge in [-0.25, -0.2) is 0 Å². The average molecular weight is 405 g/mol. The molecule has 0 spiro atoms. The molecule has 0 aromatic heterocycles. The summed E-state index contributed by atoms with van der Waals surface area (Å²) in [5.41, 5.74) is 1.97. The van der Waals surface area contributed by atoms with Gasteiger partial charge in [0.05, 0.1) is 17.8 Å². The van der Waals surface area contributed by atoms with Gasteiger partial charge in [-0.1, -0.05) is 11.6 Å². The molecule has 2 aromatic carbocycles. The molecule has 140 valence electrons. The molecule has 2 rings (SSSR count). The van der Waals surface area contributed by atoms with Crippen LogP contribution in [0.1, 0.15) is 6.92 Å². The minimum Gasteiger partial charge on any atom is -0.494 e. The van der Waals surface area contributed by atoms with Crippen LogP contribution in [0.15, 0.2) is 36.4 Å². The van der Waals surface area contributed by atoms with Gasteiger partial charge in [0.25, 0.3) is 0 Å². The fourth-order valence-electron chi connectivity index (χ4n) is 2.15. The normalized spacial score (nSPS) is 9.70. The largest absolute Gasteiger partial charge is 0.494 e. The molecule has 0 aliphatic carbocycles. The van der Waals surface area contributed by atoms with Crippen LogP contribution in [-0.2, 0) is 4.79 Å². The van der Waals surface area contributed by atoms with E-state index in [2.05, 4.69) is 16.0 Å². The first-order valence-corrected chi connectivity index (χ1v) is 8.54. The van der Waals surface area contributed by atoms with E-state index in [4.69, 9.17) is 38.6 Å². The van der Waals surface area contributed by atoms with Crippen LogP contribution in [-0.4, -0.2) is 24.7 Å². The van der Waals surface area contributed by atoms with Gasteiger partial charge in [0.15, 0.2) is 11.7 Å². The molecule has 0 aliphatic heterocycles. The van der Waals surface area contributed by atoms with E-state index < -0.39 is 0 Å². The van der Waals surface area contributed by atoms with Crippen LogP contribution in [0.5, 0.6) is 11.5 Å². The predicted octanol–water partition coefficient (Wildman–Crippen LogP) is 4.02. The second-order valence-electron chi connectivity index (χ2n) is 5.27. The molecule has 0 saturated heterocycles. The predicted molar refractivity (Wildman–Crippen MR) is 110 cm³/mol. The number of anilines is 3. The second kappa shape index (κ2) is 9.62. The highest BCUT2D eigenvalue weighted by atomic mass is 35.5. The molecule has 0 heterocycles. The highest BCUT2D eigenvalue weighted by Crippen LogP contribution is 2.36. The summed E-state index contributed by atoms with van der Waals surface area (Å²) in [7, 11) is 1.50. The lowest BCUT2D eigenvalue weighted by molar-refractivity contribution is -0.114. The monoisotopic (exact) mass is 404 g/mol. The van der Waals surface area contributed by atoms with Crippen LogP contribution < -0.4 is 25.4 Å². The number of thiocarbonyl (C=S) groups is 1. The van der Waals surface area contributed by atoms with Gasteiger partial charge in [-0.2, -0.15) is 5.26 Å². The van der Waals surface area contributed by atoms with Crippen molar-refractivity contribution in [2.45, 2.75) is 6.92 Å². The quantitative estimate of drug-likeness (QED) is 0.626. The molecule has 0 aliphatic rings. The van der Waals surface area contributed by atoms with Gasteiger partial charge in [0.2, 0.25) is 5.91 Å². The van der Waals surface area contributed by atoms with E-state index in [0.717, 1.165) is 5.69 Å². The third-order valence-electron chi connectivity index (χ3n) is 3.26. The van der Waals surface area contributed by atoms with Crippen LogP contribution >= 0.6 is 23.8 Å². The number of amides is 1. The highest BCUT2D eigenvalue weighted by Gasteiger charge is 2.12. The zero-order valence-corrected chi connectivity index (χ0v) is 16.2. The molecule has 0 radical (unpaired) electrons. The van der Waals surface area contributed by atoms with Crippen molar-refractivity contribution in [3.8, 4) is 17.6 Å². The van der Waals surface area contributed by atoms with Gasteiger partial charge in [0, 0.05) is 24.4 Å². The van der Waals surface area contributed by atoms with Crippen molar-refractivity contribution in [1.29, 1.82) is 5.26 Å². The summed E-state index contributed by atoms with van der Waals surface area (Å²) >= 11 is 11.5. The number of ether oxygens (including phenoxy) is 2. The summed E-state index contributed by atoms with van der Waals surface area (Å²) in [5.74, 6) is 0.657. The molecular formula is C18H17ClN4O3S. The number of methoxy groups -OCH3 is 1. The van der Waals surface area contributed by atoms with Crippen LogP contribution in [0, 0.1) is 11.3 Å². The standard InChI is InChI=1S/C18H17ClN4O3S/c1-11(24)21-12-3-5-13(6-4-12)22-18(27)23-15-9-14(19)16(26-8-7-20)10-17(15)25-2/h3-6,9-10H,8H2,1-2H3,(H,21,24)(H2,22,23,27). The van der Waals surface area contributed by atoms with E-state index in [1.165, 1.54) is 14.0 Å². The minimum atomic E-state index is -0.140. The number of hydrogen-bond donors (Lipinski definition) is 3. The maximum atomic E-state index is 11.0. The van der Waals surface area contributed by atoms with Gasteiger partial charge in [0.1, 0.15) is 17.6 Å². The lowest BCUT2D eigenvalue weighted by Gasteiger charge is -2.16. The lowest BCUT2D eigenvalue weighted by Crippen LogP contribution is -2.19. The molecule has 0 unspecified atom stereocenters. The SMILES string of the molecule is COc1cc(OCC#N)c(Cl)cc1NC(=S)Nc1ccc(NC(C)=O)cc1. The molecule has 2 aromatic rings. The third-order valence-corrected chi connectivity index (χ3v) is 3.76. The number of nitrogens with one attached hydrogen (secondary N) is 3. The zero-order chi connectivity index (χ0) is 19.8. The Kier molecular flexibility index (Phi) is 7.23. The summed E-state index contributed by atoms with van der Waals surface area (Å²) in [6, 6.07) is 12.1. The van der Waals surface area contributed by atoms with Gasteiger partial charge < -0.3 is 25.4 Å². The molecular weight excluding hydrogens is 388 g/mol. The molecule has 0 bridgehead atoms. The molecule has 0 saturated carbocycles. The Morgan fingerprint density at radius 3 is 2.33 bits per heavy atom. The van der Waals surface area contributed by atoms with E-state index in [0.29, 0.717) is 33.0 Å². The fourth-order valence-corrected chi connectivity index (χ4v) is 2.59. The Labute approximate surface area is 167 Å². The van der Waals surface area contributed by atoms with E-state index in [1.807, 2.05) is 6.07 Å². The van der Waals surface area contributed by atoms with Crippen molar-refractivity contribution < 1.29 is 14.3 Å². The molecule has 9 heteroatoms. The van der Waals surface area contributed by atoms with Gasteiger partial charge in [-0.15, -0.1) is 0 Å². The number of nitrogens with zero attached hydrogens (tertiary/aromatic N) is 1. The Balaban J connectivity index is 2.07. The number of rotatable bonds is 6. The zero-order valence-electron chi connectivity index (χ0n) is 14.6. The first-order valence-electron chi connectivity index (χ1n) is 7.76. The van der Waals surface area contributed by atoms with E-state index in [-0.39, 0.29) is 12.5 Å². The Hall–Kier alpha value is -3.02. The number of benzene rings is 2. The van der Waals surface area contributed by atoms with Crippen molar-refractivity contribution in [1.82, 2.24) is 0 Å². The van der Waals surface area contributed by atoms with Crippen LogP contribution in [0.2, 0.25) is 5.02 Å². The van der Waals surface area contributed by atoms with E-state index >= 15 is 0 Å². The Morgan fingerprint density at radius 2 is 1.78 bits per heavy atom. The topological polar surface area (TPSA) is 95.4 Å².